The molecule has 0 saturated carbocycles. The van der Waals surface area contributed by atoms with Crippen LogP contribution in [0.2, 0.25) is 0 Å². The first-order valence-electron chi connectivity index (χ1n) is 8.59. The molecule has 0 atom stereocenters. The van der Waals surface area contributed by atoms with E-state index in [1.54, 1.807) is 36.4 Å². The number of anilines is 1. The van der Waals surface area contributed by atoms with Crippen LogP contribution in [0.3, 0.4) is 0 Å². The Bertz CT molecular complexity index is 747. The van der Waals surface area contributed by atoms with Crippen LogP contribution < -0.4 is 10.6 Å². The van der Waals surface area contributed by atoms with Crippen LogP contribution in [0.25, 0.3) is 0 Å². The lowest BCUT2D eigenvalue weighted by atomic mass is 10.1. The van der Waals surface area contributed by atoms with Gasteiger partial charge in [0, 0.05) is 24.3 Å². The lowest BCUT2D eigenvalue weighted by molar-refractivity contribution is -0.117. The number of carbonyl (C=O) groups excluding carboxylic acids is 2. The molecule has 0 saturated heterocycles. The first-order chi connectivity index (χ1) is 12.5. The molecule has 2 rings (SSSR count). The van der Waals surface area contributed by atoms with Crippen molar-refractivity contribution in [2.45, 2.75) is 13.3 Å². The number of amides is 2. The molecule has 0 aliphatic heterocycles. The average molecular weight is 357 g/mol. The summed E-state index contributed by atoms with van der Waals surface area (Å²) in [6, 6.07) is 13.2. The molecule has 0 radical (unpaired) electrons. The predicted molar refractivity (Wildman–Crippen MR) is 101 cm³/mol. The molecule has 2 aromatic rings. The van der Waals surface area contributed by atoms with Crippen molar-refractivity contribution >= 4 is 17.5 Å². The smallest absolute Gasteiger partial charge is 0.251 e. The van der Waals surface area contributed by atoms with E-state index in [4.69, 9.17) is 0 Å². The fraction of sp³-hybridized carbons (Fsp3) is 0.300. The maximum absolute atomic E-state index is 12.9. The van der Waals surface area contributed by atoms with E-state index >= 15 is 0 Å². The van der Waals surface area contributed by atoms with E-state index in [0.717, 1.165) is 12.0 Å². The molecule has 0 aliphatic carbocycles. The SMILES string of the molecule is CCNC(=O)c1cccc(NC(=O)CN(C)CCc2ccc(F)cc2)c1. The van der Waals surface area contributed by atoms with Gasteiger partial charge in [-0.05, 0) is 56.3 Å². The Labute approximate surface area is 153 Å². The second-order valence-electron chi connectivity index (χ2n) is 6.10. The van der Waals surface area contributed by atoms with Gasteiger partial charge in [-0.2, -0.15) is 0 Å². The topological polar surface area (TPSA) is 61.4 Å². The predicted octanol–water partition coefficient (Wildman–Crippen LogP) is 2.69. The Hall–Kier alpha value is -2.73. The van der Waals surface area contributed by atoms with Crippen LogP contribution in [-0.2, 0) is 11.2 Å². The van der Waals surface area contributed by atoms with E-state index in [9.17, 15) is 14.0 Å². The molecule has 138 valence electrons. The number of hydrogen-bond donors (Lipinski definition) is 2. The van der Waals surface area contributed by atoms with Gasteiger partial charge >= 0.3 is 0 Å². The van der Waals surface area contributed by atoms with Gasteiger partial charge in [-0.1, -0.05) is 18.2 Å². The number of halogens is 1. The zero-order valence-corrected chi connectivity index (χ0v) is 15.1. The highest BCUT2D eigenvalue weighted by molar-refractivity contribution is 5.97. The molecule has 0 aliphatic rings. The van der Waals surface area contributed by atoms with Gasteiger partial charge in [-0.3, -0.25) is 14.5 Å². The fourth-order valence-electron chi connectivity index (χ4n) is 2.50. The molecule has 0 heterocycles. The molecule has 0 aromatic heterocycles. The third kappa shape index (κ3) is 6.29. The summed E-state index contributed by atoms with van der Waals surface area (Å²) in [6.07, 6.45) is 0.733. The quantitative estimate of drug-likeness (QED) is 0.764. The summed E-state index contributed by atoms with van der Waals surface area (Å²) < 4.78 is 12.9. The van der Waals surface area contributed by atoms with Gasteiger partial charge in [-0.15, -0.1) is 0 Å². The molecular formula is C20H24FN3O2. The number of rotatable bonds is 8. The van der Waals surface area contributed by atoms with Gasteiger partial charge in [0.25, 0.3) is 5.91 Å². The van der Waals surface area contributed by atoms with E-state index in [1.807, 2.05) is 18.9 Å². The number of likely N-dealkylation sites (N-methyl/N-ethyl adjacent to an activating group) is 1. The molecule has 0 bridgehead atoms. The Morgan fingerprint density at radius 3 is 2.54 bits per heavy atom. The summed E-state index contributed by atoms with van der Waals surface area (Å²) in [6.45, 7) is 3.31. The molecule has 2 N–H and O–H groups in total. The van der Waals surface area contributed by atoms with E-state index in [-0.39, 0.29) is 24.2 Å². The van der Waals surface area contributed by atoms with Crippen molar-refractivity contribution in [1.29, 1.82) is 0 Å². The van der Waals surface area contributed by atoms with Gasteiger partial charge in [-0.25, -0.2) is 4.39 Å². The Balaban J connectivity index is 1.83. The van der Waals surface area contributed by atoms with Crippen LogP contribution in [0.5, 0.6) is 0 Å². The molecule has 6 heteroatoms. The molecule has 26 heavy (non-hydrogen) atoms. The number of nitrogens with zero attached hydrogens (tertiary/aromatic N) is 1. The minimum atomic E-state index is -0.253. The molecule has 0 fully saturated rings. The highest BCUT2D eigenvalue weighted by atomic mass is 19.1. The summed E-state index contributed by atoms with van der Waals surface area (Å²) in [7, 11) is 1.86. The Morgan fingerprint density at radius 2 is 1.85 bits per heavy atom. The lowest BCUT2D eigenvalue weighted by Gasteiger charge is -2.16. The van der Waals surface area contributed by atoms with Gasteiger partial charge < -0.3 is 10.6 Å². The summed E-state index contributed by atoms with van der Waals surface area (Å²) in [5, 5.41) is 5.53. The average Bonchev–Trinajstić information content (AvgIpc) is 2.61. The fourth-order valence-corrected chi connectivity index (χ4v) is 2.50. The van der Waals surface area contributed by atoms with Gasteiger partial charge in [0.05, 0.1) is 6.54 Å². The monoisotopic (exact) mass is 357 g/mol. The van der Waals surface area contributed by atoms with Gasteiger partial charge in [0.15, 0.2) is 0 Å². The van der Waals surface area contributed by atoms with Crippen LogP contribution in [-0.4, -0.2) is 43.4 Å². The van der Waals surface area contributed by atoms with E-state index in [0.29, 0.717) is 24.3 Å². The normalized spacial score (nSPS) is 10.6. The van der Waals surface area contributed by atoms with E-state index < -0.39 is 0 Å². The Kier molecular flexibility index (Phi) is 7.29. The van der Waals surface area contributed by atoms with Gasteiger partial charge in [0.1, 0.15) is 5.82 Å². The molecule has 5 nitrogen and oxygen atoms in total. The number of nitrogens with one attached hydrogen (secondary N) is 2. The molecule has 2 amide bonds. The van der Waals surface area contributed by atoms with Crippen LogP contribution >= 0.6 is 0 Å². The third-order valence-electron chi connectivity index (χ3n) is 3.85. The molecule has 0 spiro atoms. The zero-order chi connectivity index (χ0) is 18.9. The van der Waals surface area contributed by atoms with Crippen molar-refractivity contribution < 1.29 is 14.0 Å². The second-order valence-corrected chi connectivity index (χ2v) is 6.10. The standard InChI is InChI=1S/C20H24FN3O2/c1-3-22-20(26)16-5-4-6-18(13-16)23-19(25)14-24(2)12-11-15-7-9-17(21)10-8-15/h4-10,13H,3,11-12,14H2,1-2H3,(H,22,26)(H,23,25). The number of carbonyl (C=O) groups is 2. The summed E-state index contributed by atoms with van der Waals surface area (Å²) in [4.78, 5) is 25.9. The highest BCUT2D eigenvalue weighted by Crippen LogP contribution is 2.11. The van der Waals surface area contributed by atoms with Crippen LogP contribution in [0, 0.1) is 5.82 Å². The van der Waals surface area contributed by atoms with Crippen molar-refractivity contribution in [2.24, 2.45) is 0 Å². The van der Waals surface area contributed by atoms with Crippen molar-refractivity contribution in [3.8, 4) is 0 Å². The first-order valence-corrected chi connectivity index (χ1v) is 8.59. The highest BCUT2D eigenvalue weighted by Gasteiger charge is 2.09. The van der Waals surface area contributed by atoms with E-state index in [1.165, 1.54) is 12.1 Å². The summed E-state index contributed by atoms with van der Waals surface area (Å²) in [5.41, 5.74) is 2.12. The molecular weight excluding hydrogens is 333 g/mol. The Morgan fingerprint density at radius 1 is 1.12 bits per heavy atom. The third-order valence-corrected chi connectivity index (χ3v) is 3.85. The minimum absolute atomic E-state index is 0.153. The number of hydrogen-bond acceptors (Lipinski definition) is 3. The minimum Gasteiger partial charge on any atom is -0.352 e. The number of benzene rings is 2. The van der Waals surface area contributed by atoms with Crippen LogP contribution in [0.1, 0.15) is 22.8 Å². The lowest BCUT2D eigenvalue weighted by Crippen LogP contribution is -2.31. The van der Waals surface area contributed by atoms with Crippen molar-refractivity contribution in [2.75, 3.05) is 32.0 Å². The van der Waals surface area contributed by atoms with Crippen molar-refractivity contribution in [1.82, 2.24) is 10.2 Å². The van der Waals surface area contributed by atoms with Crippen LogP contribution in [0.15, 0.2) is 48.5 Å². The molecule has 2 aromatic carbocycles. The molecule has 0 unspecified atom stereocenters. The van der Waals surface area contributed by atoms with E-state index in [2.05, 4.69) is 10.6 Å². The van der Waals surface area contributed by atoms with Crippen LogP contribution in [0.4, 0.5) is 10.1 Å². The summed E-state index contributed by atoms with van der Waals surface area (Å²) >= 11 is 0. The maximum atomic E-state index is 12.9. The van der Waals surface area contributed by atoms with Gasteiger partial charge in [0.2, 0.25) is 5.91 Å². The maximum Gasteiger partial charge on any atom is 0.251 e. The zero-order valence-electron chi connectivity index (χ0n) is 15.1. The summed E-state index contributed by atoms with van der Waals surface area (Å²) in [5.74, 6) is -0.573. The second kappa shape index (κ2) is 9.68. The van der Waals surface area contributed by atoms with Crippen molar-refractivity contribution in [3.63, 3.8) is 0 Å². The van der Waals surface area contributed by atoms with Crippen molar-refractivity contribution in [3.05, 3.63) is 65.5 Å². The largest absolute Gasteiger partial charge is 0.352 e. The first kappa shape index (κ1) is 19.6.